The molecule has 10 aromatic rings. The van der Waals surface area contributed by atoms with E-state index in [1.807, 2.05) is 103 Å². The lowest BCUT2D eigenvalue weighted by Crippen LogP contribution is -2.11. The second kappa shape index (κ2) is 10.8. The van der Waals surface area contributed by atoms with Gasteiger partial charge in [0.15, 0.2) is 22.4 Å². The maximum atomic E-state index is 13.8. The average molecular weight is 649 g/mol. The SMILES string of the molecule is O=c1c2ccccc2sc2nc3cc4c(cc3n12)c1cc(-c2nc(-c3ccccc3)nc(-c3ccccc3)n2)ccc1n4-c1ccccc1. The highest BCUT2D eigenvalue weighted by Crippen LogP contribution is 2.37. The van der Waals surface area contributed by atoms with Crippen LogP contribution in [-0.2, 0) is 0 Å². The maximum absolute atomic E-state index is 13.8. The number of rotatable bonds is 4. The summed E-state index contributed by atoms with van der Waals surface area (Å²) >= 11 is 1.53. The number of nitrogens with zero attached hydrogens (tertiary/aromatic N) is 6. The molecule has 0 N–H and O–H groups in total. The van der Waals surface area contributed by atoms with E-state index in [1.54, 1.807) is 4.40 Å². The van der Waals surface area contributed by atoms with Crippen LogP contribution >= 0.6 is 11.3 Å². The molecule has 230 valence electrons. The summed E-state index contributed by atoms with van der Waals surface area (Å²) in [5, 5.41) is 2.72. The van der Waals surface area contributed by atoms with Crippen LogP contribution in [0.1, 0.15) is 0 Å². The van der Waals surface area contributed by atoms with Gasteiger partial charge in [0, 0.05) is 37.9 Å². The zero-order valence-electron chi connectivity index (χ0n) is 25.9. The first-order chi connectivity index (χ1) is 24.2. The molecule has 0 aliphatic rings. The average Bonchev–Trinajstić information content (AvgIpc) is 3.69. The first-order valence-corrected chi connectivity index (χ1v) is 16.8. The fraction of sp³-hybridized carbons (Fsp3) is 0. The lowest BCUT2D eigenvalue weighted by Gasteiger charge is -2.09. The summed E-state index contributed by atoms with van der Waals surface area (Å²) in [5.74, 6) is 1.81. The maximum Gasteiger partial charge on any atom is 0.266 e. The van der Waals surface area contributed by atoms with Crippen molar-refractivity contribution in [1.29, 1.82) is 0 Å². The van der Waals surface area contributed by atoms with E-state index in [1.165, 1.54) is 11.3 Å². The van der Waals surface area contributed by atoms with Gasteiger partial charge < -0.3 is 4.57 Å². The van der Waals surface area contributed by atoms with Gasteiger partial charge in [0.1, 0.15) is 0 Å². The molecule has 0 radical (unpaired) electrons. The zero-order valence-corrected chi connectivity index (χ0v) is 26.7. The van der Waals surface area contributed by atoms with Crippen LogP contribution in [0.25, 0.3) is 87.7 Å². The van der Waals surface area contributed by atoms with Gasteiger partial charge in [-0.25, -0.2) is 24.3 Å². The predicted molar refractivity (Wildman–Crippen MR) is 198 cm³/mol. The van der Waals surface area contributed by atoms with Crippen LogP contribution in [0.2, 0.25) is 0 Å². The molecule has 0 atom stereocenters. The van der Waals surface area contributed by atoms with Gasteiger partial charge in [-0.2, -0.15) is 0 Å². The Balaban J connectivity index is 1.27. The molecule has 8 heteroatoms. The van der Waals surface area contributed by atoms with Gasteiger partial charge in [-0.3, -0.25) is 4.79 Å². The highest BCUT2D eigenvalue weighted by Gasteiger charge is 2.20. The molecule has 6 aromatic carbocycles. The number of hydrogen-bond donors (Lipinski definition) is 0. The summed E-state index contributed by atoms with van der Waals surface area (Å²) < 4.78 is 4.93. The van der Waals surface area contributed by atoms with Crippen LogP contribution in [0.5, 0.6) is 0 Å². The molecule has 7 nitrogen and oxygen atoms in total. The molecule has 0 aliphatic heterocycles. The zero-order chi connectivity index (χ0) is 32.5. The Hall–Kier alpha value is -6.51. The van der Waals surface area contributed by atoms with Crippen molar-refractivity contribution in [3.05, 3.63) is 156 Å². The lowest BCUT2D eigenvalue weighted by molar-refractivity contribution is 1.07. The molecule has 4 aromatic heterocycles. The third-order valence-electron chi connectivity index (χ3n) is 9.00. The second-order valence-electron chi connectivity index (χ2n) is 11.9. The van der Waals surface area contributed by atoms with Gasteiger partial charge in [0.05, 0.1) is 27.5 Å². The van der Waals surface area contributed by atoms with E-state index >= 15 is 0 Å². The number of aromatic nitrogens is 6. The lowest BCUT2D eigenvalue weighted by atomic mass is 10.1. The van der Waals surface area contributed by atoms with E-state index in [2.05, 4.69) is 47.0 Å². The molecule has 10 rings (SSSR count). The summed E-state index contributed by atoms with van der Waals surface area (Å²) in [5.41, 5.74) is 7.26. The van der Waals surface area contributed by atoms with E-state index in [0.29, 0.717) is 27.8 Å². The molecule has 49 heavy (non-hydrogen) atoms. The van der Waals surface area contributed by atoms with Crippen LogP contribution in [0.15, 0.2) is 150 Å². The molecular formula is C41H24N6OS. The fourth-order valence-electron chi connectivity index (χ4n) is 6.72. The van der Waals surface area contributed by atoms with Crippen molar-refractivity contribution >= 4 is 59.2 Å². The first-order valence-electron chi connectivity index (χ1n) is 15.9. The van der Waals surface area contributed by atoms with E-state index < -0.39 is 0 Å². The first kappa shape index (κ1) is 27.6. The summed E-state index contributed by atoms with van der Waals surface area (Å²) in [4.78, 5) is 34.3. The summed E-state index contributed by atoms with van der Waals surface area (Å²) in [6.45, 7) is 0. The number of para-hydroxylation sites is 1. The summed E-state index contributed by atoms with van der Waals surface area (Å²) in [6, 6.07) is 48.6. The molecule has 0 saturated carbocycles. The third-order valence-corrected chi connectivity index (χ3v) is 10.0. The van der Waals surface area contributed by atoms with Crippen molar-refractivity contribution < 1.29 is 0 Å². The smallest absolute Gasteiger partial charge is 0.266 e. The Morgan fingerprint density at radius 2 is 1.06 bits per heavy atom. The summed E-state index contributed by atoms with van der Waals surface area (Å²) in [7, 11) is 0. The van der Waals surface area contributed by atoms with Gasteiger partial charge >= 0.3 is 0 Å². The van der Waals surface area contributed by atoms with Crippen LogP contribution in [-0.4, -0.2) is 28.9 Å². The highest BCUT2D eigenvalue weighted by atomic mass is 32.1. The Labute approximate surface area is 283 Å². The van der Waals surface area contributed by atoms with Crippen molar-refractivity contribution in [2.45, 2.75) is 0 Å². The Morgan fingerprint density at radius 1 is 0.469 bits per heavy atom. The standard InChI is InChI=1S/C41H24N6OS/c48-40-29-18-10-11-19-36(29)49-41-42-32-24-34-31(23-35(32)47(40)41)30-22-27(20-21-33(30)46(34)28-16-8-3-9-17-28)39-44-37(25-12-4-1-5-13-25)43-38(45-39)26-14-6-2-7-15-26/h1-24H. The van der Waals surface area contributed by atoms with E-state index in [-0.39, 0.29) is 5.56 Å². The number of imidazole rings is 1. The van der Waals surface area contributed by atoms with Crippen molar-refractivity contribution in [2.75, 3.05) is 0 Å². The van der Waals surface area contributed by atoms with Crippen LogP contribution in [0.4, 0.5) is 0 Å². The van der Waals surface area contributed by atoms with Crippen LogP contribution in [0, 0.1) is 0 Å². The largest absolute Gasteiger partial charge is 0.309 e. The van der Waals surface area contributed by atoms with Gasteiger partial charge in [-0.1, -0.05) is 102 Å². The van der Waals surface area contributed by atoms with Crippen LogP contribution in [0.3, 0.4) is 0 Å². The van der Waals surface area contributed by atoms with Gasteiger partial charge in [0.2, 0.25) is 0 Å². The highest BCUT2D eigenvalue weighted by molar-refractivity contribution is 7.23. The van der Waals surface area contributed by atoms with Crippen molar-refractivity contribution in [3.63, 3.8) is 0 Å². The summed E-state index contributed by atoms with van der Waals surface area (Å²) in [6.07, 6.45) is 0. The Kier molecular flexibility index (Phi) is 6.06. The van der Waals surface area contributed by atoms with E-state index in [9.17, 15) is 4.79 Å². The molecule has 0 fully saturated rings. The minimum atomic E-state index is -0.0641. The van der Waals surface area contributed by atoms with Gasteiger partial charge in [0.25, 0.3) is 5.56 Å². The second-order valence-corrected chi connectivity index (χ2v) is 12.9. The monoisotopic (exact) mass is 648 g/mol. The van der Waals surface area contributed by atoms with Crippen molar-refractivity contribution in [3.8, 4) is 39.9 Å². The van der Waals surface area contributed by atoms with E-state index in [4.69, 9.17) is 19.9 Å². The molecular weight excluding hydrogens is 625 g/mol. The van der Waals surface area contributed by atoms with Crippen molar-refractivity contribution in [2.24, 2.45) is 0 Å². The minimum absolute atomic E-state index is 0.0641. The third kappa shape index (κ3) is 4.38. The predicted octanol–water partition coefficient (Wildman–Crippen LogP) is 9.35. The molecule has 0 saturated heterocycles. The number of hydrogen-bond acceptors (Lipinski definition) is 6. The minimum Gasteiger partial charge on any atom is -0.309 e. The topological polar surface area (TPSA) is 78.0 Å². The van der Waals surface area contributed by atoms with Gasteiger partial charge in [-0.05, 0) is 54.6 Å². The van der Waals surface area contributed by atoms with Crippen molar-refractivity contribution in [1.82, 2.24) is 28.9 Å². The molecule has 0 spiro atoms. The molecule has 0 bridgehead atoms. The normalized spacial score (nSPS) is 11.8. The molecule has 0 aliphatic carbocycles. The Bertz CT molecular complexity index is 2890. The fourth-order valence-corrected chi connectivity index (χ4v) is 7.74. The molecule has 0 amide bonds. The van der Waals surface area contributed by atoms with Gasteiger partial charge in [-0.15, -0.1) is 0 Å². The van der Waals surface area contributed by atoms with Crippen LogP contribution < -0.4 is 5.56 Å². The van der Waals surface area contributed by atoms with E-state index in [0.717, 1.165) is 59.9 Å². The molecule has 0 unspecified atom stereocenters. The number of benzene rings is 6. The number of fused-ring (bicyclic) bond motifs is 7. The quantitative estimate of drug-likeness (QED) is 0.190. The molecule has 4 heterocycles. The Morgan fingerprint density at radius 3 is 1.76 bits per heavy atom.